The summed E-state index contributed by atoms with van der Waals surface area (Å²) in [6.45, 7) is 9.11. The molecule has 31 heavy (non-hydrogen) atoms. The maximum Gasteiger partial charge on any atom is 0.321 e. The minimum Gasteiger partial charge on any atom is -0.352 e. The minimum absolute atomic E-state index is 0.0555. The Kier molecular flexibility index (Phi) is 6.16. The van der Waals surface area contributed by atoms with E-state index in [0.717, 1.165) is 42.3 Å². The van der Waals surface area contributed by atoms with Crippen molar-refractivity contribution in [2.45, 2.75) is 27.2 Å². The fourth-order valence-corrected chi connectivity index (χ4v) is 3.71. The summed E-state index contributed by atoms with van der Waals surface area (Å²) in [7, 11) is 0. The van der Waals surface area contributed by atoms with Crippen molar-refractivity contribution < 1.29 is 4.79 Å². The number of benzene rings is 2. The van der Waals surface area contributed by atoms with Crippen LogP contribution in [0.4, 0.5) is 16.3 Å². The second kappa shape index (κ2) is 9.16. The highest BCUT2D eigenvalue weighted by Crippen LogP contribution is 2.22. The molecule has 1 N–H and O–H groups in total. The average molecular weight is 416 g/mol. The summed E-state index contributed by atoms with van der Waals surface area (Å²) in [4.78, 5) is 16.6. The number of aryl methyl sites for hydroxylation is 3. The second-order valence-corrected chi connectivity index (χ2v) is 8.03. The van der Waals surface area contributed by atoms with Crippen molar-refractivity contribution in [2.75, 3.05) is 36.4 Å². The van der Waals surface area contributed by atoms with E-state index in [-0.39, 0.29) is 6.03 Å². The van der Waals surface area contributed by atoms with Gasteiger partial charge in [0.25, 0.3) is 0 Å². The van der Waals surface area contributed by atoms with Gasteiger partial charge in [-0.3, -0.25) is 0 Å². The molecule has 0 aliphatic carbocycles. The predicted molar refractivity (Wildman–Crippen MR) is 126 cm³/mol. The van der Waals surface area contributed by atoms with Crippen LogP contribution in [0.15, 0.2) is 54.6 Å². The molecule has 1 fully saturated rings. The number of anilines is 2. The molecule has 0 atom stereocenters. The van der Waals surface area contributed by atoms with E-state index in [1.807, 2.05) is 41.3 Å². The van der Waals surface area contributed by atoms with Gasteiger partial charge in [-0.05, 0) is 67.3 Å². The van der Waals surface area contributed by atoms with Gasteiger partial charge in [0, 0.05) is 37.4 Å². The van der Waals surface area contributed by atoms with Crippen LogP contribution < -0.4 is 10.2 Å². The Morgan fingerprint density at radius 1 is 0.903 bits per heavy atom. The maximum absolute atomic E-state index is 12.6. The highest BCUT2D eigenvalue weighted by molar-refractivity contribution is 5.89. The first kappa shape index (κ1) is 20.8. The van der Waals surface area contributed by atoms with Gasteiger partial charge in [-0.25, -0.2) is 4.79 Å². The van der Waals surface area contributed by atoms with Crippen LogP contribution in [-0.2, 0) is 6.42 Å². The molecule has 2 amide bonds. The molecule has 4 rings (SSSR count). The van der Waals surface area contributed by atoms with Crippen molar-refractivity contribution in [3.05, 3.63) is 71.3 Å². The number of hydrogen-bond acceptors (Lipinski definition) is 4. The molecule has 6 heteroatoms. The van der Waals surface area contributed by atoms with Gasteiger partial charge in [0.1, 0.15) is 0 Å². The second-order valence-electron chi connectivity index (χ2n) is 8.03. The molecule has 0 bridgehead atoms. The van der Waals surface area contributed by atoms with Crippen molar-refractivity contribution in [3.63, 3.8) is 0 Å². The molecule has 6 nitrogen and oxygen atoms in total. The van der Waals surface area contributed by atoms with Gasteiger partial charge in [-0.15, -0.1) is 10.2 Å². The zero-order chi connectivity index (χ0) is 21.8. The number of hydrogen-bond donors (Lipinski definition) is 1. The molecule has 2 aromatic carbocycles. The number of nitrogens with one attached hydrogen (secondary N) is 1. The highest BCUT2D eigenvalue weighted by Gasteiger charge is 2.22. The van der Waals surface area contributed by atoms with Gasteiger partial charge in [0.15, 0.2) is 5.82 Å². The first-order valence-electron chi connectivity index (χ1n) is 10.8. The van der Waals surface area contributed by atoms with Crippen LogP contribution in [0, 0.1) is 13.8 Å². The number of aromatic nitrogens is 2. The van der Waals surface area contributed by atoms with Crippen LogP contribution in [0.1, 0.15) is 23.6 Å². The van der Waals surface area contributed by atoms with E-state index < -0.39 is 0 Å². The maximum atomic E-state index is 12.6. The first-order chi connectivity index (χ1) is 15.0. The van der Waals surface area contributed by atoms with Gasteiger partial charge in [0.2, 0.25) is 0 Å². The number of piperazine rings is 1. The van der Waals surface area contributed by atoms with E-state index in [2.05, 4.69) is 59.4 Å². The van der Waals surface area contributed by atoms with Crippen molar-refractivity contribution in [1.29, 1.82) is 0 Å². The summed E-state index contributed by atoms with van der Waals surface area (Å²) in [6.07, 6.45) is 0.991. The lowest BCUT2D eigenvalue weighted by Gasteiger charge is -2.35. The van der Waals surface area contributed by atoms with Crippen LogP contribution in [0.2, 0.25) is 0 Å². The predicted octanol–water partition coefficient (Wildman–Crippen LogP) is 4.68. The topological polar surface area (TPSA) is 61.4 Å². The van der Waals surface area contributed by atoms with Gasteiger partial charge in [-0.2, -0.15) is 0 Å². The van der Waals surface area contributed by atoms with E-state index in [4.69, 9.17) is 0 Å². The van der Waals surface area contributed by atoms with Crippen molar-refractivity contribution in [3.8, 4) is 11.3 Å². The third-order valence-corrected chi connectivity index (χ3v) is 5.96. The molecule has 0 spiro atoms. The summed E-state index contributed by atoms with van der Waals surface area (Å²) >= 11 is 0. The Hall–Kier alpha value is -3.41. The Balaban J connectivity index is 1.33. The molecule has 2 heterocycles. The van der Waals surface area contributed by atoms with Crippen molar-refractivity contribution >= 4 is 17.5 Å². The van der Waals surface area contributed by atoms with Gasteiger partial charge in [0.05, 0.1) is 5.69 Å². The molecule has 1 aromatic heterocycles. The minimum atomic E-state index is -0.0555. The van der Waals surface area contributed by atoms with E-state index in [0.29, 0.717) is 13.1 Å². The van der Waals surface area contributed by atoms with Crippen molar-refractivity contribution in [1.82, 2.24) is 15.1 Å². The smallest absolute Gasteiger partial charge is 0.321 e. The Bertz CT molecular complexity index is 1040. The van der Waals surface area contributed by atoms with Gasteiger partial charge < -0.3 is 15.1 Å². The number of rotatable bonds is 4. The molecule has 0 radical (unpaired) electrons. The van der Waals surface area contributed by atoms with Crippen LogP contribution in [0.5, 0.6) is 0 Å². The van der Waals surface area contributed by atoms with E-state index in [1.54, 1.807) is 0 Å². The van der Waals surface area contributed by atoms with E-state index in [1.165, 1.54) is 16.7 Å². The molecule has 1 aliphatic heterocycles. The van der Waals surface area contributed by atoms with Crippen LogP contribution in [0.3, 0.4) is 0 Å². The fraction of sp³-hybridized carbons (Fsp3) is 0.320. The normalized spacial score (nSPS) is 13.9. The molecular formula is C25H29N5O. The lowest BCUT2D eigenvalue weighted by Crippen LogP contribution is -2.50. The van der Waals surface area contributed by atoms with Crippen LogP contribution in [0.25, 0.3) is 11.3 Å². The SMILES string of the molecule is CCc1ccc(NC(=O)N2CCN(c3ccc(-c4ccc(C)c(C)c4)nn3)CC2)cc1. The van der Waals surface area contributed by atoms with Crippen LogP contribution >= 0.6 is 0 Å². The summed E-state index contributed by atoms with van der Waals surface area (Å²) in [6, 6.07) is 18.3. The fourth-order valence-electron chi connectivity index (χ4n) is 3.71. The number of carbonyl (C=O) groups is 1. The number of nitrogens with zero attached hydrogens (tertiary/aromatic N) is 4. The monoisotopic (exact) mass is 415 g/mol. The molecule has 0 saturated carbocycles. The van der Waals surface area contributed by atoms with Gasteiger partial charge >= 0.3 is 6.03 Å². The van der Waals surface area contributed by atoms with Gasteiger partial charge in [-0.1, -0.05) is 31.2 Å². The third-order valence-electron chi connectivity index (χ3n) is 5.96. The number of urea groups is 1. The van der Waals surface area contributed by atoms with Crippen molar-refractivity contribution in [2.24, 2.45) is 0 Å². The molecule has 160 valence electrons. The lowest BCUT2D eigenvalue weighted by molar-refractivity contribution is 0.208. The zero-order valence-corrected chi connectivity index (χ0v) is 18.4. The molecular weight excluding hydrogens is 386 g/mol. The molecule has 1 aliphatic rings. The Morgan fingerprint density at radius 3 is 2.26 bits per heavy atom. The summed E-state index contributed by atoms with van der Waals surface area (Å²) in [5.74, 6) is 0.850. The quantitative estimate of drug-likeness (QED) is 0.672. The summed E-state index contributed by atoms with van der Waals surface area (Å²) in [5.41, 5.74) is 6.57. The molecule has 1 saturated heterocycles. The summed E-state index contributed by atoms with van der Waals surface area (Å²) in [5, 5.41) is 11.9. The highest BCUT2D eigenvalue weighted by atomic mass is 16.2. The zero-order valence-electron chi connectivity index (χ0n) is 18.4. The van der Waals surface area contributed by atoms with E-state index in [9.17, 15) is 4.79 Å². The molecule has 3 aromatic rings. The number of amides is 2. The average Bonchev–Trinajstić information content (AvgIpc) is 2.81. The molecule has 0 unspecified atom stereocenters. The summed E-state index contributed by atoms with van der Waals surface area (Å²) < 4.78 is 0. The Labute approximate surface area is 183 Å². The lowest BCUT2D eigenvalue weighted by atomic mass is 10.0. The standard InChI is InChI=1S/C25H29N5O/c1-4-20-6-9-22(10-7-20)26-25(31)30-15-13-29(14-16-30)24-12-11-23(27-28-24)21-8-5-18(2)19(3)17-21/h5-12,17H,4,13-16H2,1-3H3,(H,26,31). The van der Waals surface area contributed by atoms with E-state index >= 15 is 0 Å². The van der Waals surface area contributed by atoms with Crippen LogP contribution in [-0.4, -0.2) is 47.3 Å². The number of carbonyl (C=O) groups excluding carboxylic acids is 1. The Morgan fingerprint density at radius 2 is 1.65 bits per heavy atom. The third kappa shape index (κ3) is 4.85. The first-order valence-corrected chi connectivity index (χ1v) is 10.8. The largest absolute Gasteiger partial charge is 0.352 e.